The molecule has 1 radical (unpaired) electrons. The molecule has 0 saturated carbocycles. The Morgan fingerprint density at radius 3 is 1.73 bits per heavy atom. The van der Waals surface area contributed by atoms with Gasteiger partial charge in [-0.25, -0.2) is 0 Å². The summed E-state index contributed by atoms with van der Waals surface area (Å²) in [5, 5.41) is 0. The highest BCUT2D eigenvalue weighted by atomic mass is 16.5. The van der Waals surface area contributed by atoms with Gasteiger partial charge in [0.05, 0.1) is 12.5 Å². The molecule has 0 amide bonds. The number of hydrogen-bond acceptors (Lipinski definition) is 1. The molecule has 0 aliphatic heterocycles. The van der Waals surface area contributed by atoms with Gasteiger partial charge < -0.3 is 4.74 Å². The van der Waals surface area contributed by atoms with Crippen molar-refractivity contribution in [2.24, 2.45) is 0 Å². The van der Waals surface area contributed by atoms with E-state index in [4.69, 9.17) is 4.74 Å². The van der Waals surface area contributed by atoms with Gasteiger partial charge in [-0.3, -0.25) is 0 Å². The van der Waals surface area contributed by atoms with Crippen LogP contribution in [-0.4, -0.2) is 6.61 Å². The monoisotopic (exact) mass is 287 g/mol. The predicted octanol–water partition coefficient (Wildman–Crippen LogP) is 5.10. The zero-order chi connectivity index (χ0) is 15.2. The molecule has 0 spiro atoms. The lowest BCUT2D eigenvalue weighted by Crippen LogP contribution is -2.07. The van der Waals surface area contributed by atoms with E-state index in [9.17, 15) is 0 Å². The summed E-state index contributed by atoms with van der Waals surface area (Å²) in [6.07, 6.45) is 0. The maximum Gasteiger partial charge on any atom is 0.123 e. The first kappa shape index (κ1) is 14.4. The SMILES string of the molecule is CCOc1ccccc1[C](c1ccccc1)c1ccccc1. The van der Waals surface area contributed by atoms with Crippen molar-refractivity contribution in [2.45, 2.75) is 6.92 Å². The molecule has 3 aromatic carbocycles. The molecular formula is C21H19O. The molecule has 0 aromatic heterocycles. The lowest BCUT2D eigenvalue weighted by molar-refractivity contribution is 0.338. The molecule has 22 heavy (non-hydrogen) atoms. The second-order valence-electron chi connectivity index (χ2n) is 5.04. The Labute approximate surface area is 132 Å². The Kier molecular flexibility index (Phi) is 4.55. The lowest BCUT2D eigenvalue weighted by Gasteiger charge is -2.20. The van der Waals surface area contributed by atoms with Crippen molar-refractivity contribution in [1.29, 1.82) is 0 Å². The summed E-state index contributed by atoms with van der Waals surface area (Å²) >= 11 is 0. The molecule has 0 saturated heterocycles. The van der Waals surface area contributed by atoms with Crippen molar-refractivity contribution < 1.29 is 4.74 Å². The van der Waals surface area contributed by atoms with Crippen LogP contribution in [0.15, 0.2) is 84.9 Å². The molecule has 0 atom stereocenters. The second kappa shape index (κ2) is 6.95. The Bertz CT molecular complexity index is 665. The van der Waals surface area contributed by atoms with E-state index in [0.29, 0.717) is 6.61 Å². The summed E-state index contributed by atoms with van der Waals surface area (Å²) in [5.41, 5.74) is 3.52. The van der Waals surface area contributed by atoms with E-state index in [0.717, 1.165) is 11.3 Å². The molecule has 3 rings (SSSR count). The molecular weight excluding hydrogens is 268 g/mol. The normalized spacial score (nSPS) is 10.6. The van der Waals surface area contributed by atoms with Gasteiger partial charge in [-0.15, -0.1) is 0 Å². The predicted molar refractivity (Wildman–Crippen MR) is 91.0 cm³/mol. The van der Waals surface area contributed by atoms with Crippen LogP contribution in [0.4, 0.5) is 0 Å². The van der Waals surface area contributed by atoms with E-state index in [1.165, 1.54) is 17.0 Å². The van der Waals surface area contributed by atoms with Gasteiger partial charge in [0.25, 0.3) is 0 Å². The molecule has 0 N–H and O–H groups in total. The van der Waals surface area contributed by atoms with Gasteiger partial charge in [0.1, 0.15) is 5.75 Å². The topological polar surface area (TPSA) is 9.23 Å². The number of hydrogen-bond donors (Lipinski definition) is 0. The van der Waals surface area contributed by atoms with E-state index in [-0.39, 0.29) is 0 Å². The minimum Gasteiger partial charge on any atom is -0.494 e. The smallest absolute Gasteiger partial charge is 0.123 e. The quantitative estimate of drug-likeness (QED) is 0.593. The third kappa shape index (κ3) is 3.04. The third-order valence-corrected chi connectivity index (χ3v) is 3.58. The van der Waals surface area contributed by atoms with Crippen LogP contribution in [0.1, 0.15) is 23.6 Å². The van der Waals surface area contributed by atoms with E-state index < -0.39 is 0 Å². The van der Waals surface area contributed by atoms with Crippen LogP contribution in [0.5, 0.6) is 5.75 Å². The van der Waals surface area contributed by atoms with Crippen LogP contribution >= 0.6 is 0 Å². The molecule has 0 bridgehead atoms. The van der Waals surface area contributed by atoms with Gasteiger partial charge in [-0.2, -0.15) is 0 Å². The first-order valence-corrected chi connectivity index (χ1v) is 7.60. The van der Waals surface area contributed by atoms with Crippen molar-refractivity contribution in [3.8, 4) is 5.75 Å². The Hall–Kier alpha value is -2.54. The first-order valence-electron chi connectivity index (χ1n) is 7.60. The average molecular weight is 287 g/mol. The van der Waals surface area contributed by atoms with Crippen LogP contribution in [-0.2, 0) is 0 Å². The maximum absolute atomic E-state index is 5.84. The number of ether oxygens (including phenoxy) is 1. The fourth-order valence-electron chi connectivity index (χ4n) is 2.64. The van der Waals surface area contributed by atoms with Crippen molar-refractivity contribution >= 4 is 0 Å². The molecule has 1 nitrogen and oxygen atoms in total. The second-order valence-corrected chi connectivity index (χ2v) is 5.04. The number of para-hydroxylation sites is 1. The largest absolute Gasteiger partial charge is 0.494 e. The van der Waals surface area contributed by atoms with E-state index >= 15 is 0 Å². The highest BCUT2D eigenvalue weighted by Gasteiger charge is 2.20. The highest BCUT2D eigenvalue weighted by Crippen LogP contribution is 2.36. The highest BCUT2D eigenvalue weighted by molar-refractivity contribution is 5.61. The van der Waals surface area contributed by atoms with Crippen LogP contribution in [0.25, 0.3) is 0 Å². The standard InChI is InChI=1S/C21H19O/c1-2-22-20-16-10-9-15-19(20)21(17-11-5-3-6-12-17)18-13-7-4-8-14-18/h3-16H,2H2,1H3. The third-order valence-electron chi connectivity index (χ3n) is 3.58. The van der Waals surface area contributed by atoms with Crippen LogP contribution in [0, 0.1) is 5.92 Å². The van der Waals surface area contributed by atoms with Crippen molar-refractivity contribution in [3.63, 3.8) is 0 Å². The van der Waals surface area contributed by atoms with Gasteiger partial charge in [-0.1, -0.05) is 78.9 Å². The molecule has 0 unspecified atom stereocenters. The van der Waals surface area contributed by atoms with Gasteiger partial charge in [0.2, 0.25) is 0 Å². The zero-order valence-electron chi connectivity index (χ0n) is 12.7. The molecule has 0 heterocycles. The number of rotatable bonds is 5. The first-order chi connectivity index (χ1) is 10.9. The summed E-state index contributed by atoms with van der Waals surface area (Å²) in [7, 11) is 0. The zero-order valence-corrected chi connectivity index (χ0v) is 12.7. The van der Waals surface area contributed by atoms with E-state index in [2.05, 4.69) is 60.7 Å². The van der Waals surface area contributed by atoms with E-state index in [1.54, 1.807) is 0 Å². The molecule has 1 heteroatoms. The fourth-order valence-corrected chi connectivity index (χ4v) is 2.64. The van der Waals surface area contributed by atoms with Crippen LogP contribution < -0.4 is 4.74 Å². The van der Waals surface area contributed by atoms with Gasteiger partial charge >= 0.3 is 0 Å². The summed E-state index contributed by atoms with van der Waals surface area (Å²) in [6.45, 7) is 2.68. The van der Waals surface area contributed by atoms with Crippen molar-refractivity contribution in [3.05, 3.63) is 108 Å². The van der Waals surface area contributed by atoms with E-state index in [1.807, 2.05) is 31.2 Å². The Balaban J connectivity index is 2.15. The average Bonchev–Trinajstić information content (AvgIpc) is 2.59. The van der Waals surface area contributed by atoms with Crippen LogP contribution in [0.3, 0.4) is 0 Å². The minimum atomic E-state index is 0.661. The summed E-state index contributed by atoms with van der Waals surface area (Å²) in [6, 6.07) is 29.2. The van der Waals surface area contributed by atoms with Gasteiger partial charge in [0, 0.05) is 5.56 Å². The molecule has 0 aliphatic carbocycles. The molecule has 3 aromatic rings. The summed E-state index contributed by atoms with van der Waals surface area (Å²) < 4.78 is 5.84. The van der Waals surface area contributed by atoms with Crippen LogP contribution in [0.2, 0.25) is 0 Å². The Morgan fingerprint density at radius 1 is 0.682 bits per heavy atom. The van der Waals surface area contributed by atoms with Gasteiger partial charge in [-0.05, 0) is 24.1 Å². The van der Waals surface area contributed by atoms with Gasteiger partial charge in [0.15, 0.2) is 0 Å². The molecule has 0 aliphatic rings. The fraction of sp³-hybridized carbons (Fsp3) is 0.0952. The Morgan fingerprint density at radius 2 is 1.18 bits per heavy atom. The summed E-state index contributed by atoms with van der Waals surface area (Å²) in [5.74, 6) is 2.12. The van der Waals surface area contributed by atoms with Crippen molar-refractivity contribution in [2.75, 3.05) is 6.61 Å². The van der Waals surface area contributed by atoms with Crippen molar-refractivity contribution in [1.82, 2.24) is 0 Å². The summed E-state index contributed by atoms with van der Waals surface area (Å²) in [4.78, 5) is 0. The lowest BCUT2D eigenvalue weighted by atomic mass is 9.85. The number of benzene rings is 3. The molecule has 109 valence electrons. The minimum absolute atomic E-state index is 0.661. The molecule has 0 fully saturated rings. The maximum atomic E-state index is 5.84.